The number of aliphatic hydroxyl groups excluding tert-OH is 1. The highest BCUT2D eigenvalue weighted by Gasteiger charge is 2.16. The second kappa shape index (κ2) is 5.89. The van der Waals surface area contributed by atoms with Crippen LogP contribution in [-0.2, 0) is 23.0 Å². The van der Waals surface area contributed by atoms with Crippen molar-refractivity contribution in [2.75, 3.05) is 6.61 Å². The number of nitrogens with one attached hydrogen (secondary N) is 1. The molecule has 98 valence electrons. The van der Waals surface area contributed by atoms with Gasteiger partial charge in [0.2, 0.25) is 10.0 Å². The van der Waals surface area contributed by atoms with E-state index < -0.39 is 10.0 Å². The maximum Gasteiger partial charge on any atom is 0.250 e. The summed E-state index contributed by atoms with van der Waals surface area (Å²) in [6.07, 6.45) is 2.12. The predicted molar refractivity (Wildman–Crippen MR) is 71.2 cm³/mol. The third kappa shape index (κ3) is 3.36. The number of hydrogen-bond acceptors (Lipinski definition) is 6. The van der Waals surface area contributed by atoms with E-state index in [1.165, 1.54) is 22.7 Å². The summed E-state index contributed by atoms with van der Waals surface area (Å²) in [6, 6.07) is 3.28. The van der Waals surface area contributed by atoms with Crippen molar-refractivity contribution in [1.29, 1.82) is 0 Å². The Morgan fingerprint density at radius 1 is 1.33 bits per heavy atom. The molecule has 0 fully saturated rings. The van der Waals surface area contributed by atoms with Crippen molar-refractivity contribution in [1.82, 2.24) is 9.71 Å². The third-order valence-corrected chi connectivity index (χ3v) is 6.00. The SMILES string of the molecule is O=S(=O)(NCc1cncs1)c1ccc(CCO)s1. The molecule has 8 heteroatoms. The molecule has 2 aromatic rings. The molecule has 0 aliphatic heterocycles. The van der Waals surface area contributed by atoms with E-state index in [1.807, 2.05) is 0 Å². The molecular weight excluding hydrogens is 292 g/mol. The lowest BCUT2D eigenvalue weighted by atomic mass is 10.4. The molecule has 2 aromatic heterocycles. The van der Waals surface area contributed by atoms with E-state index in [9.17, 15) is 8.42 Å². The molecule has 5 nitrogen and oxygen atoms in total. The van der Waals surface area contributed by atoms with Crippen molar-refractivity contribution in [3.63, 3.8) is 0 Å². The minimum Gasteiger partial charge on any atom is -0.396 e. The Hall–Kier alpha value is -0.800. The van der Waals surface area contributed by atoms with Gasteiger partial charge in [-0.2, -0.15) is 0 Å². The van der Waals surface area contributed by atoms with Crippen molar-refractivity contribution in [3.05, 3.63) is 33.6 Å². The molecule has 0 aliphatic rings. The maximum atomic E-state index is 12.0. The zero-order valence-electron chi connectivity index (χ0n) is 9.37. The third-order valence-electron chi connectivity index (χ3n) is 2.18. The summed E-state index contributed by atoms with van der Waals surface area (Å²) in [7, 11) is -3.47. The Labute approximate surface area is 113 Å². The number of aromatic nitrogens is 1. The summed E-state index contributed by atoms with van der Waals surface area (Å²) >= 11 is 2.58. The second-order valence-electron chi connectivity index (χ2n) is 3.49. The number of thiophene rings is 1. The van der Waals surface area contributed by atoms with Gasteiger partial charge in [-0.15, -0.1) is 22.7 Å². The van der Waals surface area contributed by atoms with Crippen LogP contribution in [0.2, 0.25) is 0 Å². The van der Waals surface area contributed by atoms with Crippen molar-refractivity contribution < 1.29 is 13.5 Å². The van der Waals surface area contributed by atoms with Gasteiger partial charge >= 0.3 is 0 Å². The standard InChI is InChI=1S/C10H12N2O3S3/c13-4-3-8-1-2-10(17-8)18(14,15)12-6-9-5-11-7-16-9/h1-2,5,7,12-13H,3-4,6H2. The first-order chi connectivity index (χ1) is 8.62. The van der Waals surface area contributed by atoms with E-state index in [0.717, 1.165) is 9.75 Å². The first-order valence-corrected chi connectivity index (χ1v) is 8.36. The first-order valence-electron chi connectivity index (χ1n) is 5.18. The Balaban J connectivity index is 2.05. The normalized spacial score (nSPS) is 11.8. The Morgan fingerprint density at radius 2 is 2.17 bits per heavy atom. The van der Waals surface area contributed by atoms with Gasteiger partial charge in [-0.25, -0.2) is 13.1 Å². The van der Waals surface area contributed by atoms with Crippen LogP contribution >= 0.6 is 22.7 Å². The van der Waals surface area contributed by atoms with Crippen LogP contribution < -0.4 is 4.72 Å². The lowest BCUT2D eigenvalue weighted by Crippen LogP contribution is -2.21. The highest BCUT2D eigenvalue weighted by molar-refractivity contribution is 7.91. The molecule has 0 spiro atoms. The fourth-order valence-corrected chi connectivity index (χ4v) is 4.34. The molecule has 0 aliphatic carbocycles. The molecule has 0 bridgehead atoms. The minimum atomic E-state index is -3.47. The van der Waals surface area contributed by atoms with Gasteiger partial charge in [0.25, 0.3) is 0 Å². The number of sulfonamides is 1. The van der Waals surface area contributed by atoms with Gasteiger partial charge in [0.05, 0.1) is 5.51 Å². The molecule has 0 saturated carbocycles. The van der Waals surface area contributed by atoms with E-state index in [4.69, 9.17) is 5.11 Å². The Bertz CT molecular complexity index is 590. The van der Waals surface area contributed by atoms with Crippen molar-refractivity contribution in [3.8, 4) is 0 Å². The second-order valence-corrected chi connectivity index (χ2v) is 7.62. The first kappa shape index (κ1) is 13.6. The molecule has 18 heavy (non-hydrogen) atoms. The Morgan fingerprint density at radius 3 is 2.83 bits per heavy atom. The zero-order chi connectivity index (χ0) is 13.0. The van der Waals surface area contributed by atoms with Gasteiger partial charge in [-0.05, 0) is 12.1 Å². The average Bonchev–Trinajstić information content (AvgIpc) is 2.98. The van der Waals surface area contributed by atoms with Crippen LogP contribution in [0.4, 0.5) is 0 Å². The van der Waals surface area contributed by atoms with E-state index in [-0.39, 0.29) is 17.4 Å². The highest BCUT2D eigenvalue weighted by Crippen LogP contribution is 2.22. The minimum absolute atomic E-state index is 0.0221. The van der Waals surface area contributed by atoms with E-state index in [2.05, 4.69) is 9.71 Å². The summed E-state index contributed by atoms with van der Waals surface area (Å²) in [5.41, 5.74) is 1.66. The zero-order valence-corrected chi connectivity index (χ0v) is 11.8. The van der Waals surface area contributed by atoms with Gasteiger partial charge < -0.3 is 5.11 Å². The lowest BCUT2D eigenvalue weighted by Gasteiger charge is -2.02. The van der Waals surface area contributed by atoms with Crippen LogP contribution in [-0.4, -0.2) is 25.1 Å². The van der Waals surface area contributed by atoms with Crippen LogP contribution in [0.5, 0.6) is 0 Å². The van der Waals surface area contributed by atoms with Crippen molar-refractivity contribution in [2.45, 2.75) is 17.2 Å². The largest absolute Gasteiger partial charge is 0.396 e. The number of thiazole rings is 1. The molecule has 0 unspecified atom stereocenters. The molecule has 0 atom stereocenters. The van der Waals surface area contributed by atoms with Gasteiger partial charge in [0.15, 0.2) is 0 Å². The summed E-state index contributed by atoms with van der Waals surface area (Å²) in [5.74, 6) is 0. The number of aliphatic hydroxyl groups is 1. The van der Waals surface area contributed by atoms with Crippen LogP contribution in [0.15, 0.2) is 28.0 Å². The van der Waals surface area contributed by atoms with Gasteiger partial charge in [-0.3, -0.25) is 4.98 Å². The number of nitrogens with zero attached hydrogens (tertiary/aromatic N) is 1. The van der Waals surface area contributed by atoms with Gasteiger partial charge in [-0.1, -0.05) is 0 Å². The van der Waals surface area contributed by atoms with E-state index in [1.54, 1.807) is 23.8 Å². The molecule has 2 N–H and O–H groups in total. The lowest BCUT2D eigenvalue weighted by molar-refractivity contribution is 0.300. The van der Waals surface area contributed by atoms with Crippen LogP contribution in [0.3, 0.4) is 0 Å². The topological polar surface area (TPSA) is 79.3 Å². The molecule has 0 saturated heterocycles. The number of rotatable bonds is 6. The summed E-state index contributed by atoms with van der Waals surface area (Å²) in [6.45, 7) is 0.272. The monoisotopic (exact) mass is 304 g/mol. The van der Waals surface area contributed by atoms with Gasteiger partial charge in [0.1, 0.15) is 4.21 Å². The predicted octanol–water partition coefficient (Wildman–Crippen LogP) is 1.22. The van der Waals surface area contributed by atoms with Crippen LogP contribution in [0.1, 0.15) is 9.75 Å². The summed E-state index contributed by atoms with van der Waals surface area (Å²) in [4.78, 5) is 5.61. The molecule has 2 rings (SSSR count). The fraction of sp³-hybridized carbons (Fsp3) is 0.300. The maximum absolute atomic E-state index is 12.0. The molecule has 0 radical (unpaired) electrons. The smallest absolute Gasteiger partial charge is 0.250 e. The molecular formula is C10H12N2O3S3. The summed E-state index contributed by atoms with van der Waals surface area (Å²) in [5, 5.41) is 8.80. The highest BCUT2D eigenvalue weighted by atomic mass is 32.2. The van der Waals surface area contributed by atoms with Crippen molar-refractivity contribution >= 4 is 32.7 Å². The Kier molecular flexibility index (Phi) is 4.46. The number of hydrogen-bond donors (Lipinski definition) is 2. The molecule has 2 heterocycles. The fourth-order valence-electron chi connectivity index (χ4n) is 1.31. The average molecular weight is 304 g/mol. The molecule has 0 aromatic carbocycles. The van der Waals surface area contributed by atoms with Crippen LogP contribution in [0.25, 0.3) is 0 Å². The summed E-state index contributed by atoms with van der Waals surface area (Å²) < 4.78 is 26.7. The van der Waals surface area contributed by atoms with E-state index >= 15 is 0 Å². The van der Waals surface area contributed by atoms with Crippen LogP contribution in [0, 0.1) is 0 Å². The quantitative estimate of drug-likeness (QED) is 0.841. The molecule has 0 amide bonds. The van der Waals surface area contributed by atoms with Gasteiger partial charge in [0, 0.05) is 35.5 Å². The van der Waals surface area contributed by atoms with E-state index in [0.29, 0.717) is 6.42 Å². The van der Waals surface area contributed by atoms with Crippen molar-refractivity contribution in [2.24, 2.45) is 0 Å².